The molecule has 1 aromatic heterocycles. The van der Waals surface area contributed by atoms with E-state index in [4.69, 9.17) is 34.5 Å². The molecule has 0 radical (unpaired) electrons. The van der Waals surface area contributed by atoms with Gasteiger partial charge in [0.25, 0.3) is 0 Å². The van der Waals surface area contributed by atoms with Gasteiger partial charge in [-0.3, -0.25) is 43.2 Å². The van der Waals surface area contributed by atoms with Crippen LogP contribution in [0.2, 0.25) is 5.02 Å². The van der Waals surface area contributed by atoms with E-state index < -0.39 is 121 Å². The molecule has 0 fully saturated rings. The number of fused-ring (bicyclic) bond motifs is 2. The predicted molar refractivity (Wildman–Crippen MR) is 296 cm³/mol. The fourth-order valence-corrected chi connectivity index (χ4v) is 8.88. The lowest BCUT2D eigenvalue weighted by Crippen LogP contribution is -2.62. The van der Waals surface area contributed by atoms with Gasteiger partial charge in [-0.15, -0.1) is 5.10 Å². The number of carbonyl (C=O) groups is 9. The largest absolute Gasteiger partial charge is 0.508 e. The molecule has 2 heterocycles. The number of aromatic hydroxyl groups is 2. The van der Waals surface area contributed by atoms with Gasteiger partial charge in [0.1, 0.15) is 53.8 Å². The highest BCUT2D eigenvalue weighted by atomic mass is 35.5. The number of halogens is 1. The molecule has 27 heteroatoms. The first kappa shape index (κ1) is 62.2. The third kappa shape index (κ3) is 18.5. The van der Waals surface area contributed by atoms with Crippen molar-refractivity contribution >= 4 is 64.8 Å². The minimum atomic E-state index is -1.81. The maximum atomic E-state index is 14.8. The first-order chi connectivity index (χ1) is 39.0. The fourth-order valence-electron chi connectivity index (χ4n) is 8.76. The van der Waals surface area contributed by atoms with Gasteiger partial charge in [0.2, 0.25) is 53.2 Å². The second-order valence-corrected chi connectivity index (χ2v) is 20.3. The van der Waals surface area contributed by atoms with Gasteiger partial charge in [-0.25, -0.2) is 4.68 Å². The molecule has 1 aliphatic heterocycles. The van der Waals surface area contributed by atoms with E-state index in [9.17, 15) is 58.5 Å². The second kappa shape index (κ2) is 29.5. The third-order valence-electron chi connectivity index (χ3n) is 13.3. The summed E-state index contributed by atoms with van der Waals surface area (Å²) in [6, 6.07) is 11.5. The van der Waals surface area contributed by atoms with E-state index in [0.717, 1.165) is 4.68 Å². The van der Waals surface area contributed by atoms with Crippen molar-refractivity contribution in [1.82, 2.24) is 52.2 Å². The van der Waals surface area contributed by atoms with Crippen LogP contribution in [0.3, 0.4) is 0 Å². The Morgan fingerprint density at radius 1 is 0.695 bits per heavy atom. The van der Waals surface area contributed by atoms with Gasteiger partial charge in [0, 0.05) is 42.5 Å². The fraction of sp³-hybridized carbons (Fsp3) is 0.364. The summed E-state index contributed by atoms with van der Waals surface area (Å²) in [6.07, 6.45) is -0.947. The molecular weight excluding hydrogens is 1080 g/mol. The topological polar surface area (TPSA) is 433 Å². The molecule has 18 N–H and O–H groups in total. The van der Waals surface area contributed by atoms with Crippen LogP contribution in [0.5, 0.6) is 11.5 Å². The lowest BCUT2D eigenvalue weighted by molar-refractivity contribution is -0.137. The average molecular weight is 1150 g/mol. The van der Waals surface area contributed by atoms with Crippen LogP contribution in [0.1, 0.15) is 64.5 Å². The highest BCUT2D eigenvalue weighted by molar-refractivity contribution is 6.30. The van der Waals surface area contributed by atoms with Crippen LogP contribution in [-0.4, -0.2) is 144 Å². The molecule has 26 nitrogen and oxygen atoms in total. The van der Waals surface area contributed by atoms with Crippen LogP contribution in [0.15, 0.2) is 103 Å². The Balaban J connectivity index is 1.44. The van der Waals surface area contributed by atoms with Crippen molar-refractivity contribution in [3.8, 4) is 11.5 Å². The summed E-state index contributed by atoms with van der Waals surface area (Å²) in [5.74, 6) is -8.60. The zero-order valence-corrected chi connectivity index (χ0v) is 45.4. The number of aliphatic hydroxyl groups is 1. The minimum Gasteiger partial charge on any atom is -0.508 e. The summed E-state index contributed by atoms with van der Waals surface area (Å²) in [6.45, 7) is 0.828. The third-order valence-corrected chi connectivity index (χ3v) is 13.6. The molecule has 9 amide bonds. The Hall–Kier alpha value is -8.98. The molecule has 0 saturated heterocycles. The number of benzene rings is 4. The molecule has 0 saturated carbocycles. The molecule has 82 heavy (non-hydrogen) atoms. The number of phenolic OH excluding ortho intramolecular Hbond substituents is 2. The van der Waals surface area contributed by atoms with Crippen molar-refractivity contribution in [2.24, 2.45) is 22.9 Å². The molecule has 2 unspecified atom stereocenters. The number of nitrogens with zero attached hydrogens (tertiary/aromatic N) is 3. The number of aromatic nitrogens is 3. The average Bonchev–Trinajstić information content (AvgIpc) is 3.91. The normalized spacial score (nSPS) is 20.4. The summed E-state index contributed by atoms with van der Waals surface area (Å²) in [7, 11) is 0. The minimum absolute atomic E-state index is 0.000249. The van der Waals surface area contributed by atoms with Crippen LogP contribution < -0.4 is 60.2 Å². The number of unbranched alkanes of at least 4 members (excludes halogenated alkanes) is 1. The summed E-state index contributed by atoms with van der Waals surface area (Å²) in [5, 5.41) is 58.0. The number of phenols is 2. The van der Waals surface area contributed by atoms with E-state index in [1.54, 1.807) is 24.3 Å². The molecule has 436 valence electrons. The monoisotopic (exact) mass is 1150 g/mol. The van der Waals surface area contributed by atoms with E-state index in [1.165, 1.54) is 85.9 Å². The number of nitrogens with one attached hydrogen (secondary N) is 7. The van der Waals surface area contributed by atoms with Crippen molar-refractivity contribution < 1.29 is 58.5 Å². The predicted octanol–water partition coefficient (Wildman–Crippen LogP) is -2.32. The Morgan fingerprint density at radius 3 is 1.78 bits per heavy atom. The number of carbonyl (C=O) groups excluding carboxylic acids is 9. The molecular formula is C55H67ClN14O12. The van der Waals surface area contributed by atoms with Crippen LogP contribution >= 0.6 is 11.6 Å². The second-order valence-electron chi connectivity index (χ2n) is 19.9. The first-order valence-electron chi connectivity index (χ1n) is 26.2. The molecule has 1 aliphatic rings. The van der Waals surface area contributed by atoms with Gasteiger partial charge in [0.15, 0.2) is 0 Å². The van der Waals surface area contributed by atoms with E-state index in [1.807, 2.05) is 0 Å². The molecule has 0 aliphatic carbocycles. The van der Waals surface area contributed by atoms with Gasteiger partial charge >= 0.3 is 0 Å². The maximum absolute atomic E-state index is 14.8. The highest BCUT2D eigenvalue weighted by Crippen LogP contribution is 2.17. The van der Waals surface area contributed by atoms with E-state index >= 15 is 0 Å². The summed E-state index contributed by atoms with van der Waals surface area (Å²) >= 11 is 6.08. The Bertz CT molecular complexity index is 3050. The van der Waals surface area contributed by atoms with Crippen LogP contribution in [0, 0.1) is 0 Å². The quantitative estimate of drug-likeness (QED) is 0.0386. The van der Waals surface area contributed by atoms with E-state index in [2.05, 4.69) is 47.5 Å². The number of rotatable bonds is 19. The van der Waals surface area contributed by atoms with Crippen molar-refractivity contribution in [3.05, 3.63) is 142 Å². The molecule has 0 spiro atoms. The molecule has 4 aromatic carbocycles. The zero-order chi connectivity index (χ0) is 59.6. The van der Waals surface area contributed by atoms with Crippen LogP contribution in [0.25, 0.3) is 0 Å². The standard InChI is InChI=1S/C55H67ClN14O12/c1-29(71)46-55(82)66-45(54(81)62-41(48(60)75)23-32-9-17-37(72)18-10-32)28-70-27-36(68-69-70)26-44(63-49(76)39(58)22-30-7-15-35(56)16-8-30)53(80)65-43(25-33-11-19-38(73)20-12-33)52(79)64-42(24-31-5-13-34(14-6-31)47(59)74)51(78)61-40(50(77)67-46)4-2-3-21-57/h5-20,27,29,39-46,71-73H,2-4,21-26,28,57-58H2,1H3,(H2,59,74)(H2,60,75)(H,61,78)(H,62,81)(H,63,76)(H,64,79)(H,65,80)(H,66,82)(H,67,77)/t29?,39-,40-,41+,42+,43-,44+,45-,46?/m0/s1. The molecule has 6 rings (SSSR count). The Kier molecular flexibility index (Phi) is 22.4. The lowest BCUT2D eigenvalue weighted by Gasteiger charge is -2.29. The number of amides is 9. The number of nitrogens with two attached hydrogens (primary N) is 4. The smallest absolute Gasteiger partial charge is 0.248 e. The maximum Gasteiger partial charge on any atom is 0.248 e. The van der Waals surface area contributed by atoms with Gasteiger partial charge in [-0.2, -0.15) is 0 Å². The summed E-state index contributed by atoms with van der Waals surface area (Å²) in [4.78, 5) is 126. The summed E-state index contributed by atoms with van der Waals surface area (Å²) in [5.41, 5.74) is 25.5. The van der Waals surface area contributed by atoms with E-state index in [0.29, 0.717) is 33.7 Å². The van der Waals surface area contributed by atoms with Crippen molar-refractivity contribution in [2.45, 2.75) is 119 Å². The van der Waals surface area contributed by atoms with Gasteiger partial charge in [-0.1, -0.05) is 65.3 Å². The van der Waals surface area contributed by atoms with Crippen LogP contribution in [-0.2, 0) is 77.0 Å². The summed E-state index contributed by atoms with van der Waals surface area (Å²) < 4.78 is 1.10. The SMILES string of the molecule is CC(O)C1NC(=O)[C@H](CCCCN)NC(=O)[C@@H](Cc2ccc(C(N)=O)cc2)NC(=O)[C@H](Cc2ccc(O)cc2)NC(=O)[C@H](NC(=O)[C@@H](N)Cc2ccc(Cl)cc2)Cc2cn(nn2)C[C@@H](C(=O)N[C@H](Cc2ccc(O)cc2)C(N)=O)NC1=O. The van der Waals surface area contributed by atoms with Crippen molar-refractivity contribution in [3.63, 3.8) is 0 Å². The molecule has 2 bridgehead atoms. The molecule has 5 aromatic rings. The first-order valence-corrected chi connectivity index (χ1v) is 26.6. The number of aliphatic hydroxyl groups excluding tert-OH is 1. The Labute approximate surface area is 475 Å². The van der Waals surface area contributed by atoms with Gasteiger partial charge in [0.05, 0.1) is 24.4 Å². The van der Waals surface area contributed by atoms with Crippen LogP contribution in [0.4, 0.5) is 0 Å². The number of hydrogen-bond donors (Lipinski definition) is 14. The van der Waals surface area contributed by atoms with Gasteiger partial charge < -0.3 is 75.5 Å². The van der Waals surface area contributed by atoms with Gasteiger partial charge in [-0.05, 0) is 110 Å². The van der Waals surface area contributed by atoms with E-state index in [-0.39, 0.29) is 67.8 Å². The number of primary amides is 2. The molecule has 9 atom stereocenters. The lowest BCUT2D eigenvalue weighted by atomic mass is 10.00. The zero-order valence-electron chi connectivity index (χ0n) is 44.6. The van der Waals surface area contributed by atoms with Crippen molar-refractivity contribution in [2.75, 3.05) is 6.54 Å². The number of hydrogen-bond acceptors (Lipinski definition) is 16. The van der Waals surface area contributed by atoms with Crippen molar-refractivity contribution in [1.29, 1.82) is 0 Å². The Morgan fingerprint density at radius 2 is 1.22 bits per heavy atom. The highest BCUT2D eigenvalue weighted by Gasteiger charge is 2.37.